The van der Waals surface area contributed by atoms with Gasteiger partial charge < -0.3 is 5.11 Å². The number of hydrogen-bond donors (Lipinski definition) is 2. The summed E-state index contributed by atoms with van der Waals surface area (Å²) in [5, 5.41) is 11.5. The summed E-state index contributed by atoms with van der Waals surface area (Å²) >= 11 is 0. The molecule has 0 saturated carbocycles. The first kappa shape index (κ1) is 17.0. The maximum atomic E-state index is 13.3. The Morgan fingerprint density at radius 1 is 1.00 bits per heavy atom. The molecule has 0 fully saturated rings. The molecule has 2 aromatic carbocycles. The molecule has 2 N–H and O–H groups in total. The fraction of sp³-hybridized carbons (Fsp3) is 0.235. The Labute approximate surface area is 131 Å². The molecule has 2 rings (SSSR count). The summed E-state index contributed by atoms with van der Waals surface area (Å²) in [7, 11) is 0. The van der Waals surface area contributed by atoms with Gasteiger partial charge in [0.15, 0.2) is 0 Å². The van der Waals surface area contributed by atoms with Crippen LogP contribution in [0.5, 0.6) is 0 Å². The van der Waals surface area contributed by atoms with Gasteiger partial charge in [0.1, 0.15) is 12.1 Å². The number of rotatable bonds is 6. The molecule has 2 atom stereocenters. The van der Waals surface area contributed by atoms with E-state index < -0.39 is 24.2 Å². The van der Waals surface area contributed by atoms with Crippen LogP contribution in [-0.4, -0.2) is 23.3 Å². The van der Waals surface area contributed by atoms with Gasteiger partial charge in [-0.2, -0.15) is 13.2 Å². The van der Waals surface area contributed by atoms with Crippen LogP contribution in [0.25, 0.3) is 0 Å². The van der Waals surface area contributed by atoms with E-state index in [1.165, 1.54) is 24.3 Å². The monoisotopic (exact) mass is 323 g/mol. The van der Waals surface area contributed by atoms with Crippen molar-refractivity contribution in [3.63, 3.8) is 0 Å². The minimum absolute atomic E-state index is 0.0145. The second kappa shape index (κ2) is 7.28. The molecular formula is C17H16F3NO2. The number of alkyl halides is 3. The summed E-state index contributed by atoms with van der Waals surface area (Å²) in [5.74, 6) is -1.32. The van der Waals surface area contributed by atoms with Gasteiger partial charge in [-0.3, -0.25) is 10.1 Å². The lowest BCUT2D eigenvalue weighted by molar-refractivity contribution is -0.163. The van der Waals surface area contributed by atoms with Crippen molar-refractivity contribution in [3.8, 4) is 0 Å². The molecule has 0 aliphatic heterocycles. The molecule has 0 aliphatic rings. The van der Waals surface area contributed by atoms with Gasteiger partial charge in [0.05, 0.1) is 0 Å². The highest BCUT2D eigenvalue weighted by atomic mass is 19.4. The van der Waals surface area contributed by atoms with Gasteiger partial charge in [0.25, 0.3) is 0 Å². The molecule has 0 bridgehead atoms. The third kappa shape index (κ3) is 4.82. The predicted octanol–water partition coefficient (Wildman–Crippen LogP) is 3.58. The number of carboxylic acids is 1. The van der Waals surface area contributed by atoms with Gasteiger partial charge >= 0.3 is 12.1 Å². The van der Waals surface area contributed by atoms with Gasteiger partial charge in [-0.15, -0.1) is 0 Å². The number of carboxylic acid groups (broad SMARTS) is 1. The second-order valence-corrected chi connectivity index (χ2v) is 5.13. The normalized spacial score (nSPS) is 14.2. The molecule has 3 nitrogen and oxygen atoms in total. The zero-order valence-electron chi connectivity index (χ0n) is 12.1. The molecule has 0 amide bonds. The van der Waals surface area contributed by atoms with Crippen molar-refractivity contribution in [3.05, 3.63) is 71.8 Å². The largest absolute Gasteiger partial charge is 0.480 e. The molecule has 2 aromatic rings. The Morgan fingerprint density at radius 3 is 2.00 bits per heavy atom. The van der Waals surface area contributed by atoms with Crippen LogP contribution in [0.3, 0.4) is 0 Å². The van der Waals surface area contributed by atoms with Crippen molar-refractivity contribution in [2.24, 2.45) is 0 Å². The summed E-state index contributed by atoms with van der Waals surface area (Å²) in [6.45, 7) is 0. The van der Waals surface area contributed by atoms with Gasteiger partial charge in [0.2, 0.25) is 0 Å². The van der Waals surface area contributed by atoms with E-state index in [9.17, 15) is 23.1 Å². The third-order valence-electron chi connectivity index (χ3n) is 3.41. The van der Waals surface area contributed by atoms with E-state index in [1.807, 2.05) is 0 Å². The smallest absolute Gasteiger partial charge is 0.407 e. The van der Waals surface area contributed by atoms with Crippen molar-refractivity contribution < 1.29 is 23.1 Å². The van der Waals surface area contributed by atoms with Crippen LogP contribution in [0.4, 0.5) is 13.2 Å². The highest BCUT2D eigenvalue weighted by Crippen LogP contribution is 2.33. The molecular weight excluding hydrogens is 307 g/mol. The first-order valence-corrected chi connectivity index (χ1v) is 7.02. The van der Waals surface area contributed by atoms with Crippen molar-refractivity contribution in [1.82, 2.24) is 5.32 Å². The average molecular weight is 323 g/mol. The highest BCUT2D eigenvalue weighted by molar-refractivity contribution is 5.74. The summed E-state index contributed by atoms with van der Waals surface area (Å²) in [4.78, 5) is 11.4. The molecule has 0 aromatic heterocycles. The van der Waals surface area contributed by atoms with E-state index >= 15 is 0 Å². The molecule has 0 heterocycles. The van der Waals surface area contributed by atoms with Crippen LogP contribution in [0.1, 0.15) is 17.2 Å². The van der Waals surface area contributed by atoms with Crippen LogP contribution >= 0.6 is 0 Å². The fourth-order valence-corrected chi connectivity index (χ4v) is 2.29. The van der Waals surface area contributed by atoms with Crippen molar-refractivity contribution >= 4 is 5.97 Å². The third-order valence-corrected chi connectivity index (χ3v) is 3.41. The quantitative estimate of drug-likeness (QED) is 0.854. The zero-order chi connectivity index (χ0) is 16.9. The minimum atomic E-state index is -4.59. The standard InChI is InChI=1S/C17H16F3NO2/c18-17(19,20)15(13-9-5-2-6-10-13)21-14(16(22)23)11-12-7-3-1-4-8-12/h1-10,14-15,21H,11H2,(H,22,23)/t14-,15+/m0/s1. The molecule has 122 valence electrons. The molecule has 6 heteroatoms. The Kier molecular flexibility index (Phi) is 5.39. The Morgan fingerprint density at radius 2 is 1.52 bits per heavy atom. The number of hydrogen-bond acceptors (Lipinski definition) is 2. The Hall–Kier alpha value is -2.34. The predicted molar refractivity (Wildman–Crippen MR) is 79.9 cm³/mol. The van der Waals surface area contributed by atoms with E-state index in [2.05, 4.69) is 5.32 Å². The lowest BCUT2D eigenvalue weighted by Gasteiger charge is -2.26. The lowest BCUT2D eigenvalue weighted by atomic mass is 10.0. The zero-order valence-corrected chi connectivity index (χ0v) is 12.1. The summed E-state index contributed by atoms with van der Waals surface area (Å²) in [6, 6.07) is 12.4. The first-order chi connectivity index (χ1) is 10.9. The second-order valence-electron chi connectivity index (χ2n) is 5.13. The first-order valence-electron chi connectivity index (χ1n) is 7.02. The van der Waals surface area contributed by atoms with Crippen LogP contribution in [0.2, 0.25) is 0 Å². The summed E-state index contributed by atoms with van der Waals surface area (Å²) in [6.07, 6.45) is -4.62. The maximum Gasteiger partial charge on any atom is 0.407 e. The van der Waals surface area contributed by atoms with E-state index in [-0.39, 0.29) is 12.0 Å². The molecule has 0 spiro atoms. The van der Waals surface area contributed by atoms with Crippen molar-refractivity contribution in [2.45, 2.75) is 24.7 Å². The number of carbonyl (C=O) groups is 1. The number of aliphatic carboxylic acids is 1. The number of nitrogens with one attached hydrogen (secondary N) is 1. The molecule has 0 saturated heterocycles. The van der Waals surface area contributed by atoms with Crippen molar-refractivity contribution in [1.29, 1.82) is 0 Å². The lowest BCUT2D eigenvalue weighted by Crippen LogP contribution is -2.45. The number of benzene rings is 2. The molecule has 0 unspecified atom stereocenters. The number of halogens is 3. The Balaban J connectivity index is 2.23. The Bertz CT molecular complexity index is 629. The van der Waals surface area contributed by atoms with E-state index in [1.54, 1.807) is 36.4 Å². The topological polar surface area (TPSA) is 49.3 Å². The van der Waals surface area contributed by atoms with E-state index in [0.29, 0.717) is 5.56 Å². The summed E-state index contributed by atoms with van der Waals surface area (Å²) < 4.78 is 39.9. The van der Waals surface area contributed by atoms with Crippen LogP contribution in [-0.2, 0) is 11.2 Å². The van der Waals surface area contributed by atoms with E-state index in [0.717, 1.165) is 0 Å². The van der Waals surface area contributed by atoms with Gasteiger partial charge in [-0.05, 0) is 17.5 Å². The average Bonchev–Trinajstić information content (AvgIpc) is 2.51. The van der Waals surface area contributed by atoms with Crippen LogP contribution < -0.4 is 5.32 Å². The highest BCUT2D eigenvalue weighted by Gasteiger charge is 2.42. The summed E-state index contributed by atoms with van der Waals surface area (Å²) in [5.41, 5.74) is 0.640. The minimum Gasteiger partial charge on any atom is -0.480 e. The van der Waals surface area contributed by atoms with Gasteiger partial charge in [-0.1, -0.05) is 60.7 Å². The SMILES string of the molecule is O=C(O)[C@H](Cc1ccccc1)N[C@H](c1ccccc1)C(F)(F)F. The van der Waals surface area contributed by atoms with Gasteiger partial charge in [-0.25, -0.2) is 0 Å². The fourth-order valence-electron chi connectivity index (χ4n) is 2.29. The van der Waals surface area contributed by atoms with E-state index in [4.69, 9.17) is 0 Å². The van der Waals surface area contributed by atoms with Crippen LogP contribution in [0.15, 0.2) is 60.7 Å². The van der Waals surface area contributed by atoms with Gasteiger partial charge in [0, 0.05) is 0 Å². The molecule has 0 aliphatic carbocycles. The maximum absolute atomic E-state index is 13.3. The van der Waals surface area contributed by atoms with Crippen LogP contribution in [0, 0.1) is 0 Å². The molecule has 0 radical (unpaired) electrons. The van der Waals surface area contributed by atoms with Crippen molar-refractivity contribution in [2.75, 3.05) is 0 Å². The molecule has 23 heavy (non-hydrogen) atoms.